The highest BCUT2D eigenvalue weighted by Crippen LogP contribution is 2.34. The molecule has 0 radical (unpaired) electrons. The number of hydrogen-bond acceptors (Lipinski definition) is 5. The number of halogens is 1. The first-order chi connectivity index (χ1) is 13.5. The third-order valence-electron chi connectivity index (χ3n) is 4.69. The number of hydrogen-bond donors (Lipinski definition) is 2. The molecule has 146 valence electrons. The van der Waals surface area contributed by atoms with Gasteiger partial charge in [0.1, 0.15) is 5.82 Å². The van der Waals surface area contributed by atoms with Crippen molar-refractivity contribution in [2.75, 3.05) is 30.1 Å². The summed E-state index contributed by atoms with van der Waals surface area (Å²) in [7, 11) is 0. The Balaban J connectivity index is 1.38. The van der Waals surface area contributed by atoms with Crippen LogP contribution < -0.4 is 25.0 Å². The van der Waals surface area contributed by atoms with Crippen LogP contribution in [-0.4, -0.2) is 31.8 Å². The number of aryl methyl sites for hydroxylation is 2. The molecule has 7 nitrogen and oxygen atoms in total. The number of amides is 3. The van der Waals surface area contributed by atoms with E-state index in [9.17, 15) is 14.0 Å². The van der Waals surface area contributed by atoms with E-state index in [0.717, 1.165) is 24.0 Å². The van der Waals surface area contributed by atoms with Crippen molar-refractivity contribution in [1.82, 2.24) is 5.32 Å². The van der Waals surface area contributed by atoms with Crippen LogP contribution in [0.2, 0.25) is 0 Å². The Kier molecular flexibility index (Phi) is 4.77. The molecular weight excluding hydrogens is 365 g/mol. The molecule has 0 unspecified atom stereocenters. The van der Waals surface area contributed by atoms with E-state index in [1.54, 1.807) is 23.1 Å². The smallest absolute Gasteiger partial charge is 0.325 e. The molecule has 3 amide bonds. The summed E-state index contributed by atoms with van der Waals surface area (Å²) in [4.78, 5) is 26.1. The van der Waals surface area contributed by atoms with E-state index in [1.807, 2.05) is 13.0 Å². The lowest BCUT2D eigenvalue weighted by Crippen LogP contribution is -2.43. The van der Waals surface area contributed by atoms with Gasteiger partial charge in [-0.05, 0) is 49.1 Å². The Morgan fingerprint density at radius 2 is 2.00 bits per heavy atom. The fourth-order valence-corrected chi connectivity index (χ4v) is 3.56. The summed E-state index contributed by atoms with van der Waals surface area (Å²) >= 11 is 0. The van der Waals surface area contributed by atoms with E-state index >= 15 is 0 Å². The maximum absolute atomic E-state index is 14.4. The maximum Gasteiger partial charge on any atom is 0.325 e. The first-order valence-corrected chi connectivity index (χ1v) is 9.04. The van der Waals surface area contributed by atoms with Crippen LogP contribution in [0.1, 0.15) is 17.5 Å². The quantitative estimate of drug-likeness (QED) is 0.849. The highest BCUT2D eigenvalue weighted by atomic mass is 19.1. The van der Waals surface area contributed by atoms with Gasteiger partial charge in [-0.2, -0.15) is 0 Å². The predicted molar refractivity (Wildman–Crippen MR) is 101 cm³/mol. The van der Waals surface area contributed by atoms with E-state index in [1.165, 1.54) is 6.07 Å². The van der Waals surface area contributed by atoms with Crippen molar-refractivity contribution in [2.24, 2.45) is 0 Å². The number of nitrogens with zero attached hydrogens (tertiary/aromatic N) is 1. The normalized spacial score (nSPS) is 14.4. The second kappa shape index (κ2) is 7.38. The topological polar surface area (TPSA) is 79.9 Å². The number of nitrogens with one attached hydrogen (secondary N) is 2. The molecule has 2 N–H and O–H groups in total. The fourth-order valence-electron chi connectivity index (χ4n) is 3.56. The van der Waals surface area contributed by atoms with Gasteiger partial charge in [-0.15, -0.1) is 0 Å². The van der Waals surface area contributed by atoms with Crippen molar-refractivity contribution in [2.45, 2.75) is 19.8 Å². The molecule has 8 heteroatoms. The van der Waals surface area contributed by atoms with E-state index in [-0.39, 0.29) is 19.2 Å². The number of fused-ring (bicyclic) bond motifs is 2. The molecule has 0 atom stereocenters. The third kappa shape index (κ3) is 3.71. The van der Waals surface area contributed by atoms with Gasteiger partial charge < -0.3 is 19.7 Å². The van der Waals surface area contributed by atoms with Crippen LogP contribution in [-0.2, 0) is 11.2 Å². The van der Waals surface area contributed by atoms with E-state index < -0.39 is 11.9 Å². The predicted octanol–water partition coefficient (Wildman–Crippen LogP) is 2.96. The van der Waals surface area contributed by atoms with Crippen LogP contribution in [0.15, 0.2) is 30.3 Å². The monoisotopic (exact) mass is 385 g/mol. The lowest BCUT2D eigenvalue weighted by molar-refractivity contribution is -0.118. The molecule has 4 rings (SSSR count). The standard InChI is InChI=1S/C20H20FN3O4/c1-12-7-13-3-2-6-24(19(13)15(21)8-12)10-18(25)23-20(26)22-14-4-5-16-17(9-14)28-11-27-16/h4-5,7-9H,2-3,6,10-11H2,1H3,(H2,22,23,25,26). The fraction of sp³-hybridized carbons (Fsp3) is 0.300. The lowest BCUT2D eigenvalue weighted by atomic mass is 9.99. The molecule has 0 saturated heterocycles. The van der Waals surface area contributed by atoms with Crippen LogP contribution in [0.25, 0.3) is 0 Å². The first kappa shape index (κ1) is 18.1. The number of benzene rings is 2. The summed E-state index contributed by atoms with van der Waals surface area (Å²) in [5.41, 5.74) is 2.66. The van der Waals surface area contributed by atoms with E-state index in [2.05, 4.69) is 10.6 Å². The van der Waals surface area contributed by atoms with E-state index in [0.29, 0.717) is 29.4 Å². The molecule has 0 saturated carbocycles. The van der Waals surface area contributed by atoms with Crippen LogP contribution in [0.4, 0.5) is 20.6 Å². The van der Waals surface area contributed by atoms with Crippen molar-refractivity contribution in [3.8, 4) is 11.5 Å². The highest BCUT2D eigenvalue weighted by molar-refractivity contribution is 6.02. The van der Waals surface area contributed by atoms with E-state index in [4.69, 9.17) is 9.47 Å². The van der Waals surface area contributed by atoms with Crippen LogP contribution >= 0.6 is 0 Å². The van der Waals surface area contributed by atoms with Crippen LogP contribution in [0, 0.1) is 12.7 Å². The Morgan fingerprint density at radius 3 is 2.86 bits per heavy atom. The molecule has 2 aromatic rings. The van der Waals surface area contributed by atoms with Gasteiger partial charge in [0.05, 0.1) is 12.2 Å². The minimum absolute atomic E-state index is 0.0957. The van der Waals surface area contributed by atoms with Gasteiger partial charge in [-0.25, -0.2) is 9.18 Å². The minimum Gasteiger partial charge on any atom is -0.454 e. The zero-order valence-electron chi connectivity index (χ0n) is 15.4. The first-order valence-electron chi connectivity index (χ1n) is 9.04. The number of carbonyl (C=O) groups is 2. The number of ether oxygens (including phenoxy) is 2. The maximum atomic E-state index is 14.4. The lowest BCUT2D eigenvalue weighted by Gasteiger charge is -2.31. The Bertz CT molecular complexity index is 947. The van der Waals surface area contributed by atoms with Crippen molar-refractivity contribution in [3.05, 3.63) is 47.3 Å². The number of carbonyl (C=O) groups excluding carboxylic acids is 2. The number of urea groups is 1. The van der Waals surface area contributed by atoms with Gasteiger partial charge >= 0.3 is 6.03 Å². The highest BCUT2D eigenvalue weighted by Gasteiger charge is 2.24. The summed E-state index contributed by atoms with van der Waals surface area (Å²) < 4.78 is 24.9. The van der Waals surface area contributed by atoms with Crippen molar-refractivity contribution >= 4 is 23.3 Å². The molecular formula is C20H20FN3O4. The average Bonchev–Trinajstić information content (AvgIpc) is 3.08. The molecule has 0 fully saturated rings. The molecule has 2 aliphatic rings. The van der Waals surface area contributed by atoms with Gasteiger partial charge in [0.25, 0.3) is 0 Å². The SMILES string of the molecule is Cc1cc(F)c2c(c1)CCCN2CC(=O)NC(=O)Nc1ccc2c(c1)OCO2. The average molecular weight is 385 g/mol. The Labute approximate surface area is 161 Å². The van der Waals surface area contributed by atoms with Gasteiger partial charge in [0.2, 0.25) is 12.7 Å². The van der Waals surface area contributed by atoms with Crippen LogP contribution in [0.3, 0.4) is 0 Å². The molecule has 2 heterocycles. The summed E-state index contributed by atoms with van der Waals surface area (Å²) in [5.74, 6) is 0.279. The molecule has 2 aliphatic heterocycles. The zero-order valence-corrected chi connectivity index (χ0v) is 15.4. The van der Waals surface area contributed by atoms with Crippen molar-refractivity contribution in [3.63, 3.8) is 0 Å². The zero-order chi connectivity index (χ0) is 19.7. The largest absolute Gasteiger partial charge is 0.454 e. The summed E-state index contributed by atoms with van der Waals surface area (Å²) in [6.07, 6.45) is 1.60. The van der Waals surface area contributed by atoms with Crippen LogP contribution in [0.5, 0.6) is 11.5 Å². The summed E-state index contributed by atoms with van der Waals surface area (Å²) in [6, 6.07) is 7.68. The minimum atomic E-state index is -0.662. The number of rotatable bonds is 3. The van der Waals surface area contributed by atoms with Crippen molar-refractivity contribution < 1.29 is 23.5 Å². The molecule has 0 aliphatic carbocycles. The van der Waals surface area contributed by atoms with Crippen molar-refractivity contribution in [1.29, 1.82) is 0 Å². The molecule has 2 aromatic carbocycles. The molecule has 28 heavy (non-hydrogen) atoms. The van der Waals surface area contributed by atoms with Gasteiger partial charge in [0, 0.05) is 18.3 Å². The number of anilines is 2. The molecule has 0 spiro atoms. The van der Waals surface area contributed by atoms with Gasteiger partial charge in [-0.1, -0.05) is 6.07 Å². The second-order valence-corrected chi connectivity index (χ2v) is 6.85. The Morgan fingerprint density at radius 1 is 1.18 bits per heavy atom. The third-order valence-corrected chi connectivity index (χ3v) is 4.69. The summed E-state index contributed by atoms with van der Waals surface area (Å²) in [6.45, 7) is 2.44. The van der Waals surface area contributed by atoms with Gasteiger partial charge in [-0.3, -0.25) is 10.1 Å². The number of imide groups is 1. The molecule has 0 aromatic heterocycles. The Hall–Kier alpha value is -3.29. The van der Waals surface area contributed by atoms with Gasteiger partial charge in [0.15, 0.2) is 11.5 Å². The summed E-state index contributed by atoms with van der Waals surface area (Å²) in [5, 5.41) is 4.86. The molecule has 0 bridgehead atoms. The second-order valence-electron chi connectivity index (χ2n) is 6.85.